The Hall–Kier alpha value is -1.46. The van der Waals surface area contributed by atoms with Gasteiger partial charge in [0.1, 0.15) is 6.10 Å². The largest absolute Gasteiger partial charge is 0.481 e. The number of ether oxygens (including phenoxy) is 1. The van der Waals surface area contributed by atoms with E-state index in [1.807, 2.05) is 19.9 Å². The summed E-state index contributed by atoms with van der Waals surface area (Å²) < 4.78 is 5.04. The third kappa shape index (κ3) is 2.86. The maximum absolute atomic E-state index is 10.1. The minimum absolute atomic E-state index is 0.486. The summed E-state index contributed by atoms with van der Waals surface area (Å²) in [7, 11) is 1.56. The van der Waals surface area contributed by atoms with Gasteiger partial charge in [0.25, 0.3) is 0 Å². The number of aliphatic hydroxyl groups is 1. The first kappa shape index (κ1) is 13.0. The molecule has 1 atom stereocenters. The van der Waals surface area contributed by atoms with Crippen molar-refractivity contribution in [3.8, 4) is 5.88 Å². The molecule has 5 heteroatoms. The number of aromatic nitrogens is 2. The second-order valence-electron chi connectivity index (χ2n) is 4.07. The predicted octanol–water partition coefficient (Wildman–Crippen LogP) is 2.44. The second kappa shape index (κ2) is 5.46. The first-order valence-electron chi connectivity index (χ1n) is 5.72. The van der Waals surface area contributed by atoms with Gasteiger partial charge < -0.3 is 9.84 Å². The highest BCUT2D eigenvalue weighted by Crippen LogP contribution is 2.23. The topological polar surface area (TPSA) is 55.2 Å². The summed E-state index contributed by atoms with van der Waals surface area (Å²) in [5, 5.41) is 11.1. The quantitative estimate of drug-likeness (QED) is 0.921. The van der Waals surface area contributed by atoms with Crippen LogP contribution in [-0.4, -0.2) is 22.2 Å². The Balaban J connectivity index is 2.13. The molecule has 4 nitrogen and oxygen atoms in total. The summed E-state index contributed by atoms with van der Waals surface area (Å²) in [6, 6.07) is 5.37. The van der Waals surface area contributed by atoms with Crippen LogP contribution in [0.2, 0.25) is 0 Å². The van der Waals surface area contributed by atoms with Crippen LogP contribution in [0.15, 0.2) is 18.2 Å². The lowest BCUT2D eigenvalue weighted by molar-refractivity contribution is 0.172. The van der Waals surface area contributed by atoms with Gasteiger partial charge in [0.15, 0.2) is 0 Å². The number of aryl methyl sites for hydroxylation is 2. The molecule has 0 bridgehead atoms. The Morgan fingerprint density at radius 3 is 2.72 bits per heavy atom. The fraction of sp³-hybridized carbons (Fsp3) is 0.385. The van der Waals surface area contributed by atoms with Crippen molar-refractivity contribution in [2.45, 2.75) is 26.4 Å². The van der Waals surface area contributed by atoms with Gasteiger partial charge in [-0.25, -0.2) is 9.97 Å². The van der Waals surface area contributed by atoms with Gasteiger partial charge in [0.05, 0.1) is 23.5 Å². The van der Waals surface area contributed by atoms with Crippen LogP contribution < -0.4 is 4.74 Å². The molecule has 0 spiro atoms. The molecule has 0 aliphatic rings. The smallest absolute Gasteiger partial charge is 0.213 e. The van der Waals surface area contributed by atoms with E-state index in [1.165, 1.54) is 4.88 Å². The van der Waals surface area contributed by atoms with Crippen molar-refractivity contribution in [1.29, 1.82) is 0 Å². The van der Waals surface area contributed by atoms with Crippen molar-refractivity contribution in [3.63, 3.8) is 0 Å². The van der Waals surface area contributed by atoms with Gasteiger partial charge in [-0.15, -0.1) is 11.3 Å². The monoisotopic (exact) mass is 264 g/mol. The van der Waals surface area contributed by atoms with Gasteiger partial charge in [-0.05, 0) is 19.9 Å². The number of rotatable bonds is 4. The van der Waals surface area contributed by atoms with Crippen molar-refractivity contribution in [1.82, 2.24) is 9.97 Å². The summed E-state index contributed by atoms with van der Waals surface area (Å²) in [4.78, 5) is 9.83. The van der Waals surface area contributed by atoms with E-state index in [4.69, 9.17) is 4.74 Å². The summed E-state index contributed by atoms with van der Waals surface area (Å²) in [5.74, 6) is 0.512. The fourth-order valence-electron chi connectivity index (χ4n) is 1.63. The zero-order valence-corrected chi connectivity index (χ0v) is 11.5. The predicted molar refractivity (Wildman–Crippen MR) is 71.0 cm³/mol. The van der Waals surface area contributed by atoms with Crippen LogP contribution in [0.25, 0.3) is 0 Å². The lowest BCUT2D eigenvalue weighted by Gasteiger charge is -2.09. The van der Waals surface area contributed by atoms with Crippen LogP contribution in [-0.2, 0) is 6.42 Å². The molecule has 2 aromatic rings. The minimum Gasteiger partial charge on any atom is -0.481 e. The Morgan fingerprint density at radius 1 is 1.33 bits per heavy atom. The highest BCUT2D eigenvalue weighted by atomic mass is 32.1. The second-order valence-corrected chi connectivity index (χ2v) is 5.36. The Morgan fingerprint density at radius 2 is 2.11 bits per heavy atom. The number of pyridine rings is 1. The molecule has 0 saturated carbocycles. The third-order valence-electron chi connectivity index (χ3n) is 2.74. The average molecular weight is 264 g/mol. The van der Waals surface area contributed by atoms with Crippen LogP contribution in [0.5, 0.6) is 5.88 Å². The maximum Gasteiger partial charge on any atom is 0.213 e. The van der Waals surface area contributed by atoms with E-state index in [2.05, 4.69) is 9.97 Å². The highest BCUT2D eigenvalue weighted by molar-refractivity contribution is 7.11. The van der Waals surface area contributed by atoms with E-state index in [1.54, 1.807) is 30.6 Å². The van der Waals surface area contributed by atoms with Crippen LogP contribution in [0.1, 0.15) is 27.4 Å². The lowest BCUT2D eigenvalue weighted by atomic mass is 10.2. The number of hydrogen-bond donors (Lipinski definition) is 1. The molecule has 2 heterocycles. The number of methoxy groups -OCH3 is 1. The molecule has 0 fully saturated rings. The molecule has 0 aliphatic carbocycles. The number of hydrogen-bond acceptors (Lipinski definition) is 5. The molecule has 0 aromatic carbocycles. The first-order chi connectivity index (χ1) is 8.60. The maximum atomic E-state index is 10.1. The van der Waals surface area contributed by atoms with E-state index < -0.39 is 6.10 Å². The number of thiazole rings is 1. The SMILES string of the molecule is COc1cccc(C(O)Cc2nc(C)c(C)s2)n1. The van der Waals surface area contributed by atoms with Gasteiger partial charge in [0, 0.05) is 17.4 Å². The summed E-state index contributed by atoms with van der Waals surface area (Å²) in [5.41, 5.74) is 1.64. The zero-order valence-electron chi connectivity index (χ0n) is 10.7. The molecular formula is C13H16N2O2S. The molecule has 96 valence electrons. The molecule has 2 aromatic heterocycles. The zero-order chi connectivity index (χ0) is 13.1. The standard InChI is InChI=1S/C13H16N2O2S/c1-8-9(2)18-13(14-8)7-11(16)10-5-4-6-12(15-10)17-3/h4-6,11,16H,7H2,1-3H3. The van der Waals surface area contributed by atoms with Crippen molar-refractivity contribution in [3.05, 3.63) is 39.5 Å². The normalized spacial score (nSPS) is 12.4. The third-order valence-corrected chi connectivity index (χ3v) is 3.83. The first-order valence-corrected chi connectivity index (χ1v) is 6.53. The molecule has 0 radical (unpaired) electrons. The molecule has 0 saturated heterocycles. The van der Waals surface area contributed by atoms with Crippen LogP contribution in [0.4, 0.5) is 0 Å². The van der Waals surface area contributed by atoms with Gasteiger partial charge in [-0.3, -0.25) is 0 Å². The van der Waals surface area contributed by atoms with Crippen LogP contribution in [0.3, 0.4) is 0 Å². The average Bonchev–Trinajstić information content (AvgIpc) is 2.68. The molecule has 1 unspecified atom stereocenters. The van der Waals surface area contributed by atoms with Crippen LogP contribution in [0, 0.1) is 13.8 Å². The van der Waals surface area contributed by atoms with Crippen molar-refractivity contribution < 1.29 is 9.84 Å². The Bertz CT molecular complexity index is 520. The number of nitrogens with zero attached hydrogens (tertiary/aromatic N) is 2. The van der Waals surface area contributed by atoms with E-state index in [9.17, 15) is 5.11 Å². The van der Waals surface area contributed by atoms with Gasteiger partial charge in [0.2, 0.25) is 5.88 Å². The van der Waals surface area contributed by atoms with Crippen LogP contribution >= 0.6 is 11.3 Å². The van der Waals surface area contributed by atoms with E-state index in [-0.39, 0.29) is 0 Å². The fourth-order valence-corrected chi connectivity index (χ4v) is 2.60. The Labute approximate surface area is 110 Å². The lowest BCUT2D eigenvalue weighted by Crippen LogP contribution is -2.04. The van der Waals surface area contributed by atoms with Gasteiger partial charge in [-0.1, -0.05) is 6.07 Å². The minimum atomic E-state index is -0.648. The van der Waals surface area contributed by atoms with E-state index in [0.717, 1.165) is 10.7 Å². The highest BCUT2D eigenvalue weighted by Gasteiger charge is 2.14. The van der Waals surface area contributed by atoms with Crippen molar-refractivity contribution in [2.75, 3.05) is 7.11 Å². The van der Waals surface area contributed by atoms with Gasteiger partial charge in [-0.2, -0.15) is 0 Å². The molecular weight excluding hydrogens is 248 g/mol. The number of aliphatic hydroxyl groups excluding tert-OH is 1. The summed E-state index contributed by atoms with van der Waals surface area (Å²) in [6.45, 7) is 4.01. The van der Waals surface area contributed by atoms with Crippen molar-refractivity contribution in [2.24, 2.45) is 0 Å². The summed E-state index contributed by atoms with van der Waals surface area (Å²) >= 11 is 1.62. The van der Waals surface area contributed by atoms with E-state index >= 15 is 0 Å². The molecule has 18 heavy (non-hydrogen) atoms. The molecule has 0 amide bonds. The molecule has 1 N–H and O–H groups in total. The van der Waals surface area contributed by atoms with Gasteiger partial charge >= 0.3 is 0 Å². The molecule has 2 rings (SSSR count). The Kier molecular flexibility index (Phi) is 3.93. The summed E-state index contributed by atoms with van der Waals surface area (Å²) in [6.07, 6.45) is -0.162. The van der Waals surface area contributed by atoms with Crippen molar-refractivity contribution >= 4 is 11.3 Å². The molecule has 0 aliphatic heterocycles. The van der Waals surface area contributed by atoms with E-state index in [0.29, 0.717) is 18.0 Å².